The van der Waals surface area contributed by atoms with E-state index >= 15 is 0 Å². The molecule has 2 heterocycles. The highest BCUT2D eigenvalue weighted by atomic mass is 16.5. The summed E-state index contributed by atoms with van der Waals surface area (Å²) in [6, 6.07) is 3.32. The van der Waals surface area contributed by atoms with Gasteiger partial charge in [-0.1, -0.05) is 0 Å². The molecule has 8 heteroatoms. The molecule has 1 aliphatic heterocycles. The Kier molecular flexibility index (Phi) is 5.06. The average Bonchev–Trinajstić information content (AvgIpc) is 2.65. The number of aromatic nitrogens is 2. The summed E-state index contributed by atoms with van der Waals surface area (Å²) in [5, 5.41) is 3.63. The van der Waals surface area contributed by atoms with Crippen LogP contribution in [0.4, 0.5) is 10.6 Å². The first kappa shape index (κ1) is 17.1. The summed E-state index contributed by atoms with van der Waals surface area (Å²) in [5.41, 5.74) is 5.96. The average molecular weight is 345 g/mol. The number of carbonyl (C=O) groups excluding carboxylic acids is 1. The predicted molar refractivity (Wildman–Crippen MR) is 95.2 cm³/mol. The first-order valence-corrected chi connectivity index (χ1v) is 8.27. The third kappa shape index (κ3) is 3.67. The number of methoxy groups -OCH3 is 2. The van der Waals surface area contributed by atoms with E-state index in [0.29, 0.717) is 24.0 Å². The second kappa shape index (κ2) is 7.42. The van der Waals surface area contributed by atoms with Crippen molar-refractivity contribution in [2.45, 2.75) is 12.8 Å². The Hall–Kier alpha value is -2.77. The lowest BCUT2D eigenvalue weighted by atomic mass is 9.96. The number of nitrogens with one attached hydrogen (secondary N) is 1. The van der Waals surface area contributed by atoms with Gasteiger partial charge in [-0.15, -0.1) is 0 Å². The first-order chi connectivity index (χ1) is 12.1. The molecule has 0 unspecified atom stereocenters. The second-order valence-corrected chi connectivity index (χ2v) is 6.10. The number of primary amides is 1. The van der Waals surface area contributed by atoms with Gasteiger partial charge < -0.3 is 25.4 Å². The fourth-order valence-corrected chi connectivity index (χ4v) is 3.22. The number of amides is 2. The number of fused-ring (bicyclic) bond motifs is 1. The molecule has 2 amide bonds. The SMILES string of the molecule is COc1cc2ncnc(N3CCC(CNC(N)=O)CC3)c2cc1OC. The highest BCUT2D eigenvalue weighted by molar-refractivity contribution is 5.92. The Labute approximate surface area is 146 Å². The summed E-state index contributed by atoms with van der Waals surface area (Å²) in [7, 11) is 3.22. The molecule has 1 aromatic carbocycles. The summed E-state index contributed by atoms with van der Waals surface area (Å²) >= 11 is 0. The van der Waals surface area contributed by atoms with E-state index in [1.165, 1.54) is 0 Å². The van der Waals surface area contributed by atoms with Crippen LogP contribution in [0.2, 0.25) is 0 Å². The monoisotopic (exact) mass is 345 g/mol. The summed E-state index contributed by atoms with van der Waals surface area (Å²) in [6.45, 7) is 2.36. The minimum Gasteiger partial charge on any atom is -0.493 e. The van der Waals surface area contributed by atoms with E-state index in [-0.39, 0.29) is 0 Å². The van der Waals surface area contributed by atoms with Crippen molar-refractivity contribution in [2.24, 2.45) is 11.7 Å². The molecule has 0 aliphatic carbocycles. The molecule has 0 bridgehead atoms. The first-order valence-electron chi connectivity index (χ1n) is 8.27. The van der Waals surface area contributed by atoms with Gasteiger partial charge in [0.15, 0.2) is 11.5 Å². The minimum atomic E-state index is -0.467. The maximum absolute atomic E-state index is 10.8. The summed E-state index contributed by atoms with van der Waals surface area (Å²) in [6.07, 6.45) is 3.52. The number of hydrogen-bond acceptors (Lipinski definition) is 6. The quantitative estimate of drug-likeness (QED) is 0.852. The van der Waals surface area contributed by atoms with Crippen molar-refractivity contribution < 1.29 is 14.3 Å². The van der Waals surface area contributed by atoms with Crippen molar-refractivity contribution >= 4 is 22.8 Å². The molecule has 8 nitrogen and oxygen atoms in total. The summed E-state index contributed by atoms with van der Waals surface area (Å²) < 4.78 is 10.8. The van der Waals surface area contributed by atoms with Crippen LogP contribution in [0.5, 0.6) is 11.5 Å². The van der Waals surface area contributed by atoms with Crippen LogP contribution in [-0.4, -0.2) is 49.9 Å². The van der Waals surface area contributed by atoms with Crippen LogP contribution in [0, 0.1) is 5.92 Å². The fourth-order valence-electron chi connectivity index (χ4n) is 3.22. The Morgan fingerprint density at radius 1 is 1.24 bits per heavy atom. The molecule has 1 saturated heterocycles. The number of nitrogens with two attached hydrogens (primary N) is 1. The van der Waals surface area contributed by atoms with Gasteiger partial charge in [0, 0.05) is 31.1 Å². The molecule has 2 aromatic rings. The van der Waals surface area contributed by atoms with E-state index < -0.39 is 6.03 Å². The van der Waals surface area contributed by atoms with E-state index in [9.17, 15) is 4.79 Å². The van der Waals surface area contributed by atoms with Gasteiger partial charge in [-0.2, -0.15) is 0 Å². The number of nitrogens with zero attached hydrogens (tertiary/aromatic N) is 3. The maximum Gasteiger partial charge on any atom is 0.312 e. The van der Waals surface area contributed by atoms with E-state index in [4.69, 9.17) is 15.2 Å². The molecule has 0 saturated carbocycles. The number of ether oxygens (including phenoxy) is 2. The van der Waals surface area contributed by atoms with Crippen LogP contribution < -0.4 is 25.4 Å². The molecule has 134 valence electrons. The molecule has 3 N–H and O–H groups in total. The zero-order chi connectivity index (χ0) is 17.8. The molecule has 1 fully saturated rings. The second-order valence-electron chi connectivity index (χ2n) is 6.10. The van der Waals surface area contributed by atoms with E-state index in [1.54, 1.807) is 20.5 Å². The van der Waals surface area contributed by atoms with Gasteiger partial charge >= 0.3 is 6.03 Å². The van der Waals surface area contributed by atoms with Crippen molar-refractivity contribution in [2.75, 3.05) is 38.8 Å². The molecule has 0 atom stereocenters. The molecular weight excluding hydrogens is 322 g/mol. The third-order valence-corrected chi connectivity index (χ3v) is 4.60. The standard InChI is InChI=1S/C17H23N5O3/c1-24-14-7-12-13(8-15(14)25-2)20-10-21-16(12)22-5-3-11(4-6-22)9-19-17(18)23/h7-8,10-11H,3-6,9H2,1-2H3,(H3,18,19,23). The Morgan fingerprint density at radius 2 is 1.92 bits per heavy atom. The zero-order valence-corrected chi connectivity index (χ0v) is 14.5. The van der Waals surface area contributed by atoms with Crippen molar-refractivity contribution in [1.29, 1.82) is 0 Å². The number of urea groups is 1. The molecule has 0 radical (unpaired) electrons. The van der Waals surface area contributed by atoms with E-state index in [2.05, 4.69) is 20.2 Å². The van der Waals surface area contributed by atoms with Gasteiger partial charge in [0.05, 0.1) is 19.7 Å². The number of benzene rings is 1. The lowest BCUT2D eigenvalue weighted by molar-refractivity contribution is 0.245. The summed E-state index contributed by atoms with van der Waals surface area (Å²) in [5.74, 6) is 2.64. The molecule has 3 rings (SSSR count). The van der Waals surface area contributed by atoms with Crippen molar-refractivity contribution in [3.8, 4) is 11.5 Å². The van der Waals surface area contributed by atoms with Crippen LogP contribution in [0.15, 0.2) is 18.5 Å². The van der Waals surface area contributed by atoms with Crippen LogP contribution >= 0.6 is 0 Å². The molecule has 1 aromatic heterocycles. The smallest absolute Gasteiger partial charge is 0.312 e. The van der Waals surface area contributed by atoms with Gasteiger partial charge in [-0.05, 0) is 24.8 Å². The van der Waals surface area contributed by atoms with Crippen molar-refractivity contribution in [1.82, 2.24) is 15.3 Å². The number of anilines is 1. The maximum atomic E-state index is 10.8. The summed E-state index contributed by atoms with van der Waals surface area (Å²) in [4.78, 5) is 21.9. The number of piperidine rings is 1. The number of hydrogen-bond donors (Lipinski definition) is 2. The van der Waals surface area contributed by atoms with Gasteiger partial charge in [-0.25, -0.2) is 14.8 Å². The van der Waals surface area contributed by atoms with Crippen LogP contribution in [0.25, 0.3) is 10.9 Å². The normalized spacial score (nSPS) is 15.2. The Bertz CT molecular complexity index is 759. The van der Waals surface area contributed by atoms with Gasteiger partial charge in [0.2, 0.25) is 0 Å². The highest BCUT2D eigenvalue weighted by Crippen LogP contribution is 2.35. The zero-order valence-electron chi connectivity index (χ0n) is 14.5. The minimum absolute atomic E-state index is 0.437. The van der Waals surface area contributed by atoms with Crippen LogP contribution in [0.1, 0.15) is 12.8 Å². The molecule has 1 aliphatic rings. The third-order valence-electron chi connectivity index (χ3n) is 4.60. The molecule has 25 heavy (non-hydrogen) atoms. The molecule has 0 spiro atoms. The largest absolute Gasteiger partial charge is 0.493 e. The van der Waals surface area contributed by atoms with E-state index in [1.807, 2.05) is 12.1 Å². The van der Waals surface area contributed by atoms with Gasteiger partial charge in [-0.3, -0.25) is 0 Å². The fraction of sp³-hybridized carbons (Fsp3) is 0.471. The van der Waals surface area contributed by atoms with Crippen LogP contribution in [-0.2, 0) is 0 Å². The van der Waals surface area contributed by atoms with Gasteiger partial charge in [0.25, 0.3) is 0 Å². The van der Waals surface area contributed by atoms with Gasteiger partial charge in [0.1, 0.15) is 12.1 Å². The lowest BCUT2D eigenvalue weighted by Crippen LogP contribution is -2.40. The Morgan fingerprint density at radius 3 is 2.56 bits per heavy atom. The topological polar surface area (TPSA) is 103 Å². The predicted octanol–water partition coefficient (Wildman–Crippen LogP) is 1.53. The number of rotatable bonds is 5. The lowest BCUT2D eigenvalue weighted by Gasteiger charge is -2.33. The highest BCUT2D eigenvalue weighted by Gasteiger charge is 2.22. The van der Waals surface area contributed by atoms with Crippen molar-refractivity contribution in [3.05, 3.63) is 18.5 Å². The number of carbonyl (C=O) groups is 1. The van der Waals surface area contributed by atoms with Crippen molar-refractivity contribution in [3.63, 3.8) is 0 Å². The van der Waals surface area contributed by atoms with E-state index in [0.717, 1.165) is 42.7 Å². The molecular formula is C17H23N5O3. The van der Waals surface area contributed by atoms with Crippen LogP contribution in [0.3, 0.4) is 0 Å². The Balaban J connectivity index is 1.81.